The molecule has 0 bridgehead atoms. The first-order chi connectivity index (χ1) is 13.2. The summed E-state index contributed by atoms with van der Waals surface area (Å²) in [5.41, 5.74) is 4.42. The van der Waals surface area contributed by atoms with Crippen molar-refractivity contribution < 1.29 is 14.6 Å². The van der Waals surface area contributed by atoms with E-state index in [2.05, 4.69) is 15.8 Å². The third-order valence-electron chi connectivity index (χ3n) is 4.20. The molecule has 27 heavy (non-hydrogen) atoms. The van der Waals surface area contributed by atoms with Gasteiger partial charge in [-0.25, -0.2) is 0 Å². The molecule has 0 aliphatic carbocycles. The number of rotatable bonds is 4. The number of hydrazone groups is 1. The Labute approximate surface area is 161 Å². The topological polar surface area (TPSA) is 75.1 Å². The molecule has 0 aromatic heterocycles. The van der Waals surface area contributed by atoms with Crippen molar-refractivity contribution in [3.8, 4) is 17.2 Å². The van der Waals surface area contributed by atoms with Gasteiger partial charge in [0, 0.05) is 12.1 Å². The quantitative estimate of drug-likeness (QED) is 0.367. The molecule has 6 nitrogen and oxygen atoms in total. The zero-order chi connectivity index (χ0) is 18.6. The maximum absolute atomic E-state index is 10.1. The zero-order valence-corrected chi connectivity index (χ0v) is 15.1. The average Bonchev–Trinajstić information content (AvgIpc) is 3.16. The minimum absolute atomic E-state index is 0.165. The Hall–Kier alpha value is -3.32. The summed E-state index contributed by atoms with van der Waals surface area (Å²) in [5.74, 6) is 1.65. The summed E-state index contributed by atoms with van der Waals surface area (Å²) in [6.45, 7) is 0.777. The molecule has 0 saturated heterocycles. The lowest BCUT2D eigenvalue weighted by atomic mass is 10.0. The largest absolute Gasteiger partial charge is 0.507 e. The van der Waals surface area contributed by atoms with E-state index in [9.17, 15) is 5.11 Å². The van der Waals surface area contributed by atoms with Crippen molar-refractivity contribution in [2.24, 2.45) is 5.10 Å². The molecule has 136 valence electrons. The Morgan fingerprint density at radius 3 is 2.89 bits per heavy atom. The van der Waals surface area contributed by atoms with Gasteiger partial charge in [-0.15, -0.1) is 0 Å². The molecular formula is C20H17N3O3S. The fourth-order valence-electron chi connectivity index (χ4n) is 2.85. The Morgan fingerprint density at radius 2 is 1.96 bits per heavy atom. The third kappa shape index (κ3) is 3.78. The van der Waals surface area contributed by atoms with Crippen molar-refractivity contribution in [3.63, 3.8) is 0 Å². The summed E-state index contributed by atoms with van der Waals surface area (Å²) in [7, 11) is 0. The van der Waals surface area contributed by atoms with Crippen molar-refractivity contribution in [2.75, 3.05) is 6.79 Å². The summed E-state index contributed by atoms with van der Waals surface area (Å²) in [4.78, 5) is 0. The van der Waals surface area contributed by atoms with Crippen LogP contribution in [0.25, 0.3) is 10.8 Å². The number of phenols is 1. The van der Waals surface area contributed by atoms with Crippen LogP contribution in [0.1, 0.15) is 11.1 Å². The second-order valence-electron chi connectivity index (χ2n) is 5.96. The molecule has 0 unspecified atom stereocenters. The van der Waals surface area contributed by atoms with E-state index >= 15 is 0 Å². The van der Waals surface area contributed by atoms with Gasteiger partial charge in [0.2, 0.25) is 6.79 Å². The van der Waals surface area contributed by atoms with E-state index in [0.29, 0.717) is 17.2 Å². The second-order valence-corrected chi connectivity index (χ2v) is 6.37. The van der Waals surface area contributed by atoms with Crippen molar-refractivity contribution in [2.45, 2.75) is 6.54 Å². The van der Waals surface area contributed by atoms with E-state index in [1.54, 1.807) is 12.3 Å². The predicted molar refractivity (Wildman–Crippen MR) is 108 cm³/mol. The summed E-state index contributed by atoms with van der Waals surface area (Å²) in [6.07, 6.45) is 1.56. The maximum Gasteiger partial charge on any atom is 0.231 e. The normalized spacial score (nSPS) is 12.4. The Balaban J connectivity index is 1.37. The Morgan fingerprint density at radius 1 is 1.11 bits per heavy atom. The van der Waals surface area contributed by atoms with Gasteiger partial charge in [-0.2, -0.15) is 5.10 Å². The minimum atomic E-state index is 0.165. The Bertz CT molecular complexity index is 1040. The standard InChI is InChI=1S/C20H17N3O3S/c24-17-7-6-14-3-1-2-4-15(14)16(17)11-22-23-20(27)21-10-13-5-8-18-19(9-13)26-12-25-18/h1-9,11,24H,10,12H2,(H2,21,23,27)/b22-11+. The molecule has 0 atom stereocenters. The fourth-order valence-corrected chi connectivity index (χ4v) is 2.97. The van der Waals surface area contributed by atoms with E-state index in [1.165, 1.54) is 0 Å². The number of hydrogen-bond donors (Lipinski definition) is 3. The van der Waals surface area contributed by atoms with Crippen molar-refractivity contribution >= 4 is 34.3 Å². The third-order valence-corrected chi connectivity index (χ3v) is 4.43. The van der Waals surface area contributed by atoms with Gasteiger partial charge < -0.3 is 19.9 Å². The number of nitrogens with zero attached hydrogens (tertiary/aromatic N) is 1. The zero-order valence-electron chi connectivity index (χ0n) is 14.3. The monoisotopic (exact) mass is 379 g/mol. The van der Waals surface area contributed by atoms with E-state index < -0.39 is 0 Å². The van der Waals surface area contributed by atoms with Crippen LogP contribution in [0.15, 0.2) is 59.7 Å². The number of hydrogen-bond acceptors (Lipinski definition) is 5. The molecule has 3 aromatic carbocycles. The SMILES string of the molecule is Oc1ccc2ccccc2c1/C=N/NC(=S)NCc1ccc2c(c1)OCO2. The van der Waals surface area contributed by atoms with Crippen LogP contribution < -0.4 is 20.2 Å². The van der Waals surface area contributed by atoms with Crippen LogP contribution in [-0.2, 0) is 6.54 Å². The molecule has 7 heteroatoms. The Kier molecular flexibility index (Phi) is 4.76. The molecular weight excluding hydrogens is 362 g/mol. The first-order valence-corrected chi connectivity index (χ1v) is 8.78. The first kappa shape index (κ1) is 17.1. The summed E-state index contributed by atoms with van der Waals surface area (Å²) in [6, 6.07) is 17.0. The van der Waals surface area contributed by atoms with Gasteiger partial charge in [-0.3, -0.25) is 5.43 Å². The highest BCUT2D eigenvalue weighted by atomic mass is 32.1. The number of fused-ring (bicyclic) bond motifs is 2. The van der Waals surface area contributed by atoms with Gasteiger partial charge in [0.15, 0.2) is 16.6 Å². The molecule has 0 fully saturated rings. The minimum Gasteiger partial charge on any atom is -0.507 e. The molecule has 4 rings (SSSR count). The number of ether oxygens (including phenoxy) is 2. The van der Waals surface area contributed by atoms with Crippen LogP contribution in [0.4, 0.5) is 0 Å². The van der Waals surface area contributed by atoms with Crippen LogP contribution in [0.5, 0.6) is 17.2 Å². The lowest BCUT2D eigenvalue weighted by molar-refractivity contribution is 0.174. The molecule has 0 spiro atoms. The molecule has 3 N–H and O–H groups in total. The van der Waals surface area contributed by atoms with Crippen molar-refractivity contribution in [1.29, 1.82) is 0 Å². The highest BCUT2D eigenvalue weighted by molar-refractivity contribution is 7.80. The van der Waals surface area contributed by atoms with Gasteiger partial charge in [0.05, 0.1) is 6.21 Å². The van der Waals surface area contributed by atoms with Gasteiger partial charge in [0.1, 0.15) is 5.75 Å². The number of nitrogens with one attached hydrogen (secondary N) is 2. The summed E-state index contributed by atoms with van der Waals surface area (Å²) < 4.78 is 10.7. The van der Waals surface area contributed by atoms with Crippen LogP contribution in [-0.4, -0.2) is 23.2 Å². The average molecular weight is 379 g/mol. The molecule has 1 heterocycles. The molecule has 3 aromatic rings. The highest BCUT2D eigenvalue weighted by Gasteiger charge is 2.13. The molecule has 0 saturated carbocycles. The number of phenolic OH excluding ortho intramolecular Hbond substituents is 1. The van der Waals surface area contributed by atoms with Crippen LogP contribution in [0.2, 0.25) is 0 Å². The molecule has 1 aliphatic heterocycles. The van der Waals surface area contributed by atoms with Gasteiger partial charge >= 0.3 is 0 Å². The maximum atomic E-state index is 10.1. The highest BCUT2D eigenvalue weighted by Crippen LogP contribution is 2.32. The fraction of sp³-hybridized carbons (Fsp3) is 0.100. The molecule has 1 aliphatic rings. The number of benzene rings is 3. The van der Waals surface area contributed by atoms with Crippen LogP contribution >= 0.6 is 12.2 Å². The van der Waals surface area contributed by atoms with E-state index in [4.69, 9.17) is 21.7 Å². The summed E-state index contributed by atoms with van der Waals surface area (Å²) >= 11 is 5.24. The van der Waals surface area contributed by atoms with E-state index in [0.717, 1.165) is 27.8 Å². The lowest BCUT2D eigenvalue weighted by Gasteiger charge is -2.08. The smallest absolute Gasteiger partial charge is 0.231 e. The van der Waals surface area contributed by atoms with E-state index in [-0.39, 0.29) is 12.5 Å². The molecule has 0 amide bonds. The van der Waals surface area contributed by atoms with E-state index in [1.807, 2.05) is 48.5 Å². The van der Waals surface area contributed by atoms with Crippen LogP contribution in [0, 0.1) is 0 Å². The van der Waals surface area contributed by atoms with Crippen LogP contribution in [0.3, 0.4) is 0 Å². The predicted octanol–water partition coefficient (Wildman–Crippen LogP) is 3.27. The second kappa shape index (κ2) is 7.51. The van der Waals surface area contributed by atoms with Crippen molar-refractivity contribution in [3.05, 3.63) is 65.7 Å². The van der Waals surface area contributed by atoms with Crippen molar-refractivity contribution in [1.82, 2.24) is 10.7 Å². The van der Waals surface area contributed by atoms with Gasteiger partial charge in [0.25, 0.3) is 0 Å². The van der Waals surface area contributed by atoms with Gasteiger partial charge in [-0.05, 0) is 46.8 Å². The lowest BCUT2D eigenvalue weighted by Crippen LogP contribution is -2.31. The number of thiocarbonyl (C=S) groups is 1. The summed E-state index contributed by atoms with van der Waals surface area (Å²) in [5, 5.41) is 19.7. The van der Waals surface area contributed by atoms with Gasteiger partial charge in [-0.1, -0.05) is 36.4 Å². The first-order valence-electron chi connectivity index (χ1n) is 8.37. The number of aromatic hydroxyl groups is 1. The molecule has 0 radical (unpaired) electrons.